The van der Waals surface area contributed by atoms with Crippen molar-refractivity contribution in [2.24, 2.45) is 10.9 Å². The van der Waals surface area contributed by atoms with Crippen LogP contribution in [-0.4, -0.2) is 32.4 Å². The number of hydrogen-bond acceptors (Lipinski definition) is 5. The van der Waals surface area contributed by atoms with Gasteiger partial charge >= 0.3 is 0 Å². The van der Waals surface area contributed by atoms with Gasteiger partial charge in [-0.25, -0.2) is 0 Å². The van der Waals surface area contributed by atoms with E-state index in [0.717, 1.165) is 5.56 Å². The highest BCUT2D eigenvalue weighted by Gasteiger charge is 2.06. The van der Waals surface area contributed by atoms with E-state index in [1.807, 2.05) is 6.92 Å². The zero-order valence-corrected chi connectivity index (χ0v) is 10.4. The highest BCUT2D eigenvalue weighted by Crippen LogP contribution is 2.27. The molecule has 0 atom stereocenters. The van der Waals surface area contributed by atoms with E-state index >= 15 is 0 Å². The van der Waals surface area contributed by atoms with Gasteiger partial charge in [0.05, 0.1) is 13.3 Å². The molecule has 0 aliphatic carbocycles. The number of primary amides is 1. The van der Waals surface area contributed by atoms with Gasteiger partial charge in [-0.05, 0) is 25.1 Å². The molecule has 1 aromatic carbocycles. The van der Waals surface area contributed by atoms with Crippen LogP contribution in [0.3, 0.4) is 0 Å². The molecule has 0 saturated heterocycles. The molecule has 1 aromatic rings. The Morgan fingerprint density at radius 2 is 2.22 bits per heavy atom. The second-order valence-electron chi connectivity index (χ2n) is 3.32. The zero-order chi connectivity index (χ0) is 13.4. The van der Waals surface area contributed by atoms with Crippen LogP contribution in [0.15, 0.2) is 23.4 Å². The Hall–Kier alpha value is -2.24. The molecule has 0 fully saturated rings. The molecule has 0 bridgehead atoms. The first-order valence-electron chi connectivity index (χ1n) is 5.41. The molecule has 98 valence electrons. The molecule has 1 amide bonds. The summed E-state index contributed by atoms with van der Waals surface area (Å²) >= 11 is 0. The molecule has 0 radical (unpaired) electrons. The lowest BCUT2D eigenvalue weighted by molar-refractivity contribution is -0.119. The van der Waals surface area contributed by atoms with Gasteiger partial charge in [0.25, 0.3) is 5.91 Å². The van der Waals surface area contributed by atoms with E-state index in [1.54, 1.807) is 24.4 Å². The summed E-state index contributed by atoms with van der Waals surface area (Å²) < 4.78 is 10.3. The summed E-state index contributed by atoms with van der Waals surface area (Å²) in [7, 11) is 1.51. The predicted octanol–water partition coefficient (Wildman–Crippen LogP) is 0.930. The van der Waals surface area contributed by atoms with Crippen molar-refractivity contribution in [2.75, 3.05) is 20.3 Å². The highest BCUT2D eigenvalue weighted by atomic mass is 16.6. The number of nitrogens with zero attached hydrogens (tertiary/aromatic N) is 1. The van der Waals surface area contributed by atoms with Crippen LogP contribution in [0.4, 0.5) is 0 Å². The van der Waals surface area contributed by atoms with Crippen LogP contribution in [0.5, 0.6) is 11.5 Å². The summed E-state index contributed by atoms with van der Waals surface area (Å²) in [6.07, 6.45) is 1.56. The molecule has 18 heavy (non-hydrogen) atoms. The maximum atomic E-state index is 10.6. The number of carbonyl (C=O) groups is 1. The summed E-state index contributed by atoms with van der Waals surface area (Å²) in [5.41, 5.74) is 5.80. The summed E-state index contributed by atoms with van der Waals surface area (Å²) in [6, 6.07) is 5.16. The molecule has 0 saturated carbocycles. The number of nitrogens with two attached hydrogens (primary N) is 1. The van der Waals surface area contributed by atoms with E-state index in [9.17, 15) is 4.79 Å². The Morgan fingerprint density at radius 1 is 1.44 bits per heavy atom. The molecule has 0 unspecified atom stereocenters. The number of ether oxygens (including phenoxy) is 2. The van der Waals surface area contributed by atoms with Crippen molar-refractivity contribution in [1.29, 1.82) is 0 Å². The first kappa shape index (κ1) is 13.8. The SMILES string of the molecule is CCO/N=C/c1ccc(OCC(N)=O)c(OC)c1. The van der Waals surface area contributed by atoms with E-state index in [0.29, 0.717) is 18.1 Å². The fourth-order valence-corrected chi connectivity index (χ4v) is 1.21. The summed E-state index contributed by atoms with van der Waals surface area (Å²) in [5, 5.41) is 3.74. The minimum Gasteiger partial charge on any atom is -0.493 e. The Bertz CT molecular complexity index is 432. The average Bonchev–Trinajstić information content (AvgIpc) is 2.37. The van der Waals surface area contributed by atoms with Crippen LogP contribution in [0, 0.1) is 0 Å². The highest BCUT2D eigenvalue weighted by molar-refractivity contribution is 5.80. The topological polar surface area (TPSA) is 83.1 Å². The van der Waals surface area contributed by atoms with Crippen molar-refractivity contribution in [2.45, 2.75) is 6.92 Å². The van der Waals surface area contributed by atoms with Crippen molar-refractivity contribution in [3.05, 3.63) is 23.8 Å². The van der Waals surface area contributed by atoms with Crippen molar-refractivity contribution in [1.82, 2.24) is 0 Å². The Kier molecular flexibility index (Phi) is 5.50. The summed E-state index contributed by atoms with van der Waals surface area (Å²) in [6.45, 7) is 2.16. The van der Waals surface area contributed by atoms with E-state index < -0.39 is 5.91 Å². The number of oxime groups is 1. The quantitative estimate of drug-likeness (QED) is 0.578. The monoisotopic (exact) mass is 252 g/mol. The molecule has 0 aromatic heterocycles. The van der Waals surface area contributed by atoms with Crippen LogP contribution >= 0.6 is 0 Å². The Morgan fingerprint density at radius 3 is 2.83 bits per heavy atom. The van der Waals surface area contributed by atoms with Crippen molar-refractivity contribution in [3.8, 4) is 11.5 Å². The van der Waals surface area contributed by atoms with Gasteiger partial charge in [0.1, 0.15) is 6.61 Å². The van der Waals surface area contributed by atoms with Gasteiger partial charge in [-0.15, -0.1) is 0 Å². The van der Waals surface area contributed by atoms with Crippen molar-refractivity contribution < 1.29 is 19.1 Å². The molecule has 0 spiro atoms. The van der Waals surface area contributed by atoms with Gasteiger partial charge in [-0.1, -0.05) is 5.16 Å². The molecule has 0 aliphatic rings. The number of carbonyl (C=O) groups excluding carboxylic acids is 1. The van der Waals surface area contributed by atoms with Gasteiger partial charge in [0.2, 0.25) is 0 Å². The third-order valence-electron chi connectivity index (χ3n) is 1.96. The summed E-state index contributed by atoms with van der Waals surface area (Å²) in [5.74, 6) is 0.403. The lowest BCUT2D eigenvalue weighted by Crippen LogP contribution is -2.20. The van der Waals surface area contributed by atoms with Crippen LogP contribution in [-0.2, 0) is 9.63 Å². The number of amides is 1. The number of methoxy groups -OCH3 is 1. The summed E-state index contributed by atoms with van der Waals surface area (Å²) in [4.78, 5) is 15.5. The van der Waals surface area contributed by atoms with Gasteiger partial charge in [0, 0.05) is 5.56 Å². The van der Waals surface area contributed by atoms with Crippen molar-refractivity contribution in [3.63, 3.8) is 0 Å². The Balaban J connectivity index is 2.79. The Labute approximate surface area is 105 Å². The lowest BCUT2D eigenvalue weighted by Gasteiger charge is -2.09. The van der Waals surface area contributed by atoms with Crippen LogP contribution in [0.2, 0.25) is 0 Å². The van der Waals surface area contributed by atoms with E-state index in [2.05, 4.69) is 5.16 Å². The average molecular weight is 252 g/mol. The largest absolute Gasteiger partial charge is 0.493 e. The minimum atomic E-state index is -0.543. The van der Waals surface area contributed by atoms with Crippen LogP contribution in [0.25, 0.3) is 0 Å². The molecule has 1 rings (SSSR count). The molecule has 6 heteroatoms. The van der Waals surface area contributed by atoms with Gasteiger partial charge in [0.15, 0.2) is 18.1 Å². The zero-order valence-electron chi connectivity index (χ0n) is 10.4. The molecular weight excluding hydrogens is 236 g/mol. The smallest absolute Gasteiger partial charge is 0.255 e. The van der Waals surface area contributed by atoms with Gasteiger partial charge in [-0.3, -0.25) is 4.79 Å². The first-order valence-corrected chi connectivity index (χ1v) is 5.41. The van der Waals surface area contributed by atoms with Crippen LogP contribution in [0.1, 0.15) is 12.5 Å². The molecular formula is C12H16N2O4. The van der Waals surface area contributed by atoms with Gasteiger partial charge in [-0.2, -0.15) is 0 Å². The van der Waals surface area contributed by atoms with E-state index in [4.69, 9.17) is 20.0 Å². The second-order valence-corrected chi connectivity index (χ2v) is 3.32. The van der Waals surface area contributed by atoms with E-state index in [-0.39, 0.29) is 6.61 Å². The number of hydrogen-bond donors (Lipinski definition) is 1. The van der Waals surface area contributed by atoms with Crippen molar-refractivity contribution >= 4 is 12.1 Å². The first-order chi connectivity index (χ1) is 8.67. The third kappa shape index (κ3) is 4.32. The second kappa shape index (κ2) is 7.16. The molecule has 0 aliphatic heterocycles. The van der Waals surface area contributed by atoms with E-state index in [1.165, 1.54) is 7.11 Å². The molecule has 6 nitrogen and oxygen atoms in total. The third-order valence-corrected chi connectivity index (χ3v) is 1.96. The fraction of sp³-hybridized carbons (Fsp3) is 0.333. The molecule has 2 N–H and O–H groups in total. The maximum Gasteiger partial charge on any atom is 0.255 e. The lowest BCUT2D eigenvalue weighted by atomic mass is 10.2. The fourth-order valence-electron chi connectivity index (χ4n) is 1.21. The van der Waals surface area contributed by atoms with Crippen LogP contribution < -0.4 is 15.2 Å². The predicted molar refractivity (Wildman–Crippen MR) is 66.9 cm³/mol. The standard InChI is InChI=1S/C12H16N2O4/c1-3-18-14-7-9-4-5-10(11(6-9)16-2)17-8-12(13)15/h4-7H,3,8H2,1-2H3,(H2,13,15)/b14-7+. The maximum absolute atomic E-state index is 10.6. The van der Waals surface area contributed by atoms with Gasteiger partial charge < -0.3 is 20.0 Å². The normalized spacial score (nSPS) is 10.3. The number of benzene rings is 1. The minimum absolute atomic E-state index is 0.192. The number of rotatable bonds is 7. The molecule has 0 heterocycles.